The summed E-state index contributed by atoms with van der Waals surface area (Å²) in [4.78, 5) is 25.9. The van der Waals surface area contributed by atoms with Crippen molar-refractivity contribution in [1.29, 1.82) is 0 Å². The molecule has 0 N–H and O–H groups in total. The molecule has 1 heterocycles. The van der Waals surface area contributed by atoms with Crippen LogP contribution in [0, 0.1) is 10.1 Å². The van der Waals surface area contributed by atoms with Gasteiger partial charge in [0.25, 0.3) is 5.69 Å². The molecular weight excluding hydrogens is 438 g/mol. The summed E-state index contributed by atoms with van der Waals surface area (Å²) in [5, 5.41) is 10.8. The van der Waals surface area contributed by atoms with Crippen LogP contribution < -0.4 is 4.90 Å². The lowest BCUT2D eigenvalue weighted by Gasteiger charge is -2.30. The summed E-state index contributed by atoms with van der Waals surface area (Å²) in [5.41, 5.74) is 1.61. The number of benzene rings is 2. The second kappa shape index (κ2) is 9.80. The molecule has 0 fully saturated rings. The lowest BCUT2D eigenvalue weighted by atomic mass is 10.0. The molecule has 0 spiro atoms. The Morgan fingerprint density at radius 3 is 2.45 bits per heavy atom. The van der Waals surface area contributed by atoms with Crippen molar-refractivity contribution in [2.75, 3.05) is 30.3 Å². The van der Waals surface area contributed by atoms with E-state index in [0.717, 1.165) is 29.0 Å². The van der Waals surface area contributed by atoms with E-state index in [1.165, 1.54) is 28.2 Å². The molecule has 2 aromatic rings. The molecule has 166 valence electrons. The molecule has 0 aromatic heterocycles. The minimum atomic E-state index is -3.55. The minimum Gasteiger partial charge on any atom is -0.311 e. The fourth-order valence-corrected chi connectivity index (χ4v) is 5.88. The van der Waals surface area contributed by atoms with Crippen molar-refractivity contribution in [3.8, 4) is 0 Å². The van der Waals surface area contributed by atoms with Gasteiger partial charge in [0, 0.05) is 42.3 Å². The molecule has 0 bridgehead atoms. The SMILES string of the molecule is CCN(CC)S(=O)(=O)c1ccc2c(c1)CCCN2C(=O)CSc1ccc([N+](=O)[O-])cc1. The van der Waals surface area contributed by atoms with Crippen LogP contribution in [0.5, 0.6) is 0 Å². The van der Waals surface area contributed by atoms with E-state index in [1.807, 2.05) is 13.8 Å². The number of amides is 1. The Hall–Kier alpha value is -2.43. The smallest absolute Gasteiger partial charge is 0.269 e. The number of non-ortho nitro benzene ring substituents is 1. The van der Waals surface area contributed by atoms with Crippen LogP contribution in [0.3, 0.4) is 0 Å². The van der Waals surface area contributed by atoms with Gasteiger partial charge in [-0.25, -0.2) is 8.42 Å². The van der Waals surface area contributed by atoms with Crippen molar-refractivity contribution in [3.63, 3.8) is 0 Å². The lowest BCUT2D eigenvalue weighted by Crippen LogP contribution is -2.37. The van der Waals surface area contributed by atoms with Crippen LogP contribution in [0.15, 0.2) is 52.3 Å². The summed E-state index contributed by atoms with van der Waals surface area (Å²) in [6.07, 6.45) is 1.48. The molecule has 8 nitrogen and oxygen atoms in total. The van der Waals surface area contributed by atoms with E-state index in [2.05, 4.69) is 0 Å². The Balaban J connectivity index is 1.75. The first-order valence-corrected chi connectivity index (χ1v) is 12.5. The first kappa shape index (κ1) is 23.2. The van der Waals surface area contributed by atoms with Gasteiger partial charge >= 0.3 is 0 Å². The molecule has 1 amide bonds. The van der Waals surface area contributed by atoms with Gasteiger partial charge < -0.3 is 4.90 Å². The van der Waals surface area contributed by atoms with Crippen LogP contribution >= 0.6 is 11.8 Å². The molecule has 2 aromatic carbocycles. The van der Waals surface area contributed by atoms with Crippen molar-refractivity contribution < 1.29 is 18.1 Å². The quantitative estimate of drug-likeness (QED) is 0.336. The Morgan fingerprint density at radius 1 is 1.16 bits per heavy atom. The third-order valence-corrected chi connectivity index (χ3v) is 8.27. The summed E-state index contributed by atoms with van der Waals surface area (Å²) in [5.74, 6) is 0.111. The first-order chi connectivity index (χ1) is 14.8. The Labute approximate surface area is 186 Å². The molecule has 0 unspecified atom stereocenters. The average Bonchev–Trinajstić information content (AvgIpc) is 2.77. The molecule has 3 rings (SSSR count). The molecule has 0 saturated carbocycles. The number of sulfonamides is 1. The van der Waals surface area contributed by atoms with E-state index in [9.17, 15) is 23.3 Å². The van der Waals surface area contributed by atoms with Crippen molar-refractivity contribution in [2.24, 2.45) is 0 Å². The predicted molar refractivity (Wildman–Crippen MR) is 121 cm³/mol. The number of aryl methyl sites for hydroxylation is 1. The second-order valence-electron chi connectivity index (χ2n) is 7.07. The van der Waals surface area contributed by atoms with Gasteiger partial charge in [-0.1, -0.05) is 13.8 Å². The Morgan fingerprint density at radius 2 is 1.84 bits per heavy atom. The number of thioether (sulfide) groups is 1. The number of carbonyl (C=O) groups excluding carboxylic acids is 1. The molecule has 31 heavy (non-hydrogen) atoms. The number of hydrogen-bond donors (Lipinski definition) is 0. The molecule has 0 aliphatic carbocycles. The first-order valence-electron chi connectivity index (χ1n) is 10.1. The van der Waals surface area contributed by atoms with Crippen molar-refractivity contribution in [2.45, 2.75) is 36.5 Å². The summed E-state index contributed by atoms with van der Waals surface area (Å²) < 4.78 is 27.1. The summed E-state index contributed by atoms with van der Waals surface area (Å²) in [6, 6.07) is 11.1. The van der Waals surface area contributed by atoms with Crippen LogP contribution in [-0.4, -0.2) is 48.9 Å². The molecule has 0 atom stereocenters. The summed E-state index contributed by atoms with van der Waals surface area (Å²) in [7, 11) is -3.55. The van der Waals surface area contributed by atoms with Crippen molar-refractivity contribution in [1.82, 2.24) is 4.31 Å². The largest absolute Gasteiger partial charge is 0.311 e. The number of nitro groups is 1. The Bertz CT molecular complexity index is 1070. The van der Waals surface area contributed by atoms with Crippen LogP contribution in [0.1, 0.15) is 25.8 Å². The molecular formula is C21H25N3O5S2. The fourth-order valence-electron chi connectivity index (χ4n) is 3.59. The lowest BCUT2D eigenvalue weighted by molar-refractivity contribution is -0.384. The summed E-state index contributed by atoms with van der Waals surface area (Å²) >= 11 is 1.32. The number of carbonyl (C=O) groups is 1. The summed E-state index contributed by atoms with van der Waals surface area (Å²) in [6.45, 7) is 5.00. The zero-order valence-electron chi connectivity index (χ0n) is 17.5. The number of hydrogen-bond acceptors (Lipinski definition) is 6. The molecule has 0 radical (unpaired) electrons. The predicted octanol–water partition coefficient (Wildman–Crippen LogP) is 3.70. The molecule has 1 aliphatic heterocycles. The van der Waals surface area contributed by atoms with Gasteiger partial charge in [-0.3, -0.25) is 14.9 Å². The highest BCUT2D eigenvalue weighted by atomic mass is 32.2. The van der Waals surface area contributed by atoms with E-state index < -0.39 is 14.9 Å². The number of nitro benzene ring substituents is 1. The highest BCUT2D eigenvalue weighted by Gasteiger charge is 2.27. The molecule has 1 aliphatic rings. The van der Waals surface area contributed by atoms with Crippen LogP contribution in [0.4, 0.5) is 11.4 Å². The maximum atomic E-state index is 12.9. The van der Waals surface area contributed by atoms with Gasteiger partial charge in [-0.2, -0.15) is 4.31 Å². The van der Waals surface area contributed by atoms with Crippen molar-refractivity contribution >= 4 is 39.1 Å². The minimum absolute atomic E-state index is 0.0103. The zero-order valence-corrected chi connectivity index (χ0v) is 19.1. The average molecular weight is 464 g/mol. The van der Waals surface area contributed by atoms with E-state index >= 15 is 0 Å². The Kier molecular flexibility index (Phi) is 7.34. The number of anilines is 1. The monoisotopic (exact) mass is 463 g/mol. The van der Waals surface area contributed by atoms with E-state index in [4.69, 9.17) is 0 Å². The highest BCUT2D eigenvalue weighted by molar-refractivity contribution is 8.00. The normalized spacial score (nSPS) is 13.8. The van der Waals surface area contributed by atoms with Gasteiger partial charge in [-0.15, -0.1) is 11.8 Å². The third kappa shape index (κ3) is 5.08. The van der Waals surface area contributed by atoms with Gasteiger partial charge in [0.1, 0.15) is 0 Å². The van der Waals surface area contributed by atoms with Crippen molar-refractivity contribution in [3.05, 3.63) is 58.1 Å². The van der Waals surface area contributed by atoms with Gasteiger partial charge in [0.15, 0.2) is 0 Å². The van der Waals surface area contributed by atoms with Gasteiger partial charge in [0.05, 0.1) is 15.6 Å². The van der Waals surface area contributed by atoms with E-state index in [0.29, 0.717) is 19.6 Å². The van der Waals surface area contributed by atoms with E-state index in [1.54, 1.807) is 35.2 Å². The second-order valence-corrected chi connectivity index (χ2v) is 10.1. The maximum absolute atomic E-state index is 12.9. The highest BCUT2D eigenvalue weighted by Crippen LogP contribution is 2.31. The number of rotatable bonds is 8. The maximum Gasteiger partial charge on any atom is 0.269 e. The topological polar surface area (TPSA) is 101 Å². The van der Waals surface area contributed by atoms with Crippen LogP contribution in [-0.2, 0) is 21.2 Å². The number of fused-ring (bicyclic) bond motifs is 1. The van der Waals surface area contributed by atoms with Crippen LogP contribution in [0.25, 0.3) is 0 Å². The fraction of sp³-hybridized carbons (Fsp3) is 0.381. The zero-order chi connectivity index (χ0) is 22.6. The van der Waals surface area contributed by atoms with E-state index in [-0.39, 0.29) is 22.2 Å². The third-order valence-electron chi connectivity index (χ3n) is 5.22. The standard InChI is InChI=1S/C21H25N3O5S2/c1-3-22(4-2)31(28,29)19-11-12-20-16(14-19)6-5-13-23(20)21(25)15-30-18-9-7-17(8-10-18)24(26)27/h7-12,14H,3-6,13,15H2,1-2H3. The van der Waals surface area contributed by atoms with Crippen LogP contribution in [0.2, 0.25) is 0 Å². The van der Waals surface area contributed by atoms with Gasteiger partial charge in [0.2, 0.25) is 15.9 Å². The number of nitrogens with zero attached hydrogens (tertiary/aromatic N) is 3. The molecule has 0 saturated heterocycles. The molecule has 10 heteroatoms. The van der Waals surface area contributed by atoms with Gasteiger partial charge in [-0.05, 0) is 48.7 Å².